The number of carbonyl (C=O) groups excluding carboxylic acids is 2. The highest BCUT2D eigenvalue weighted by atomic mass is 32.1. The van der Waals surface area contributed by atoms with Crippen LogP contribution in [0.15, 0.2) is 41.8 Å². The van der Waals surface area contributed by atoms with Gasteiger partial charge in [0.1, 0.15) is 11.1 Å². The minimum absolute atomic E-state index is 0.0976. The van der Waals surface area contributed by atoms with Crippen LogP contribution >= 0.6 is 11.3 Å². The summed E-state index contributed by atoms with van der Waals surface area (Å²) in [6.45, 7) is 3.63. The molecule has 5 nitrogen and oxygen atoms in total. The van der Waals surface area contributed by atoms with Gasteiger partial charge in [0.2, 0.25) is 0 Å². The number of hydrogen-bond acceptors (Lipinski definition) is 5. The topological polar surface area (TPSA) is 79.2 Å². The van der Waals surface area contributed by atoms with Crippen LogP contribution in [-0.4, -0.2) is 18.5 Å². The summed E-state index contributed by atoms with van der Waals surface area (Å²) in [5.74, 6) is -1.18. The summed E-state index contributed by atoms with van der Waals surface area (Å²) in [6.07, 6.45) is 0.821. The number of esters is 1. The van der Waals surface area contributed by atoms with E-state index in [2.05, 4.69) is 5.32 Å². The number of nitriles is 1. The molecule has 0 unspecified atom stereocenters. The predicted octanol–water partition coefficient (Wildman–Crippen LogP) is 3.93. The van der Waals surface area contributed by atoms with Gasteiger partial charge in [0, 0.05) is 0 Å². The molecule has 0 saturated heterocycles. The molecule has 0 bridgehead atoms. The molecule has 0 saturated carbocycles. The highest BCUT2D eigenvalue weighted by Gasteiger charge is 2.27. The zero-order chi connectivity index (χ0) is 18.2. The Morgan fingerprint density at radius 2 is 2.00 bits per heavy atom. The normalized spacial score (nSPS) is 12.7. The first kappa shape index (κ1) is 18.7. The third-order valence-corrected chi connectivity index (χ3v) is 4.84. The Morgan fingerprint density at radius 1 is 1.28 bits per heavy atom. The van der Waals surface area contributed by atoms with Crippen molar-refractivity contribution in [2.75, 3.05) is 11.9 Å². The number of benzene rings is 1. The molecule has 0 radical (unpaired) electrons. The Morgan fingerprint density at radius 3 is 2.64 bits per heavy atom. The zero-order valence-corrected chi connectivity index (χ0v) is 15.0. The second kappa shape index (κ2) is 9.00. The number of carbonyl (C=O) groups is 2. The van der Waals surface area contributed by atoms with Crippen LogP contribution in [0.3, 0.4) is 0 Å². The lowest BCUT2D eigenvalue weighted by Gasteiger charge is -2.21. The molecular formula is C19H20N2O3S. The van der Waals surface area contributed by atoms with E-state index in [1.165, 1.54) is 11.3 Å². The van der Waals surface area contributed by atoms with Crippen molar-refractivity contribution in [2.45, 2.75) is 26.2 Å². The molecule has 1 aromatic carbocycles. The van der Waals surface area contributed by atoms with Crippen LogP contribution in [0.4, 0.5) is 5.00 Å². The molecule has 6 heteroatoms. The molecule has 1 N–H and O–H groups in total. The average molecular weight is 356 g/mol. The van der Waals surface area contributed by atoms with Gasteiger partial charge in [0.05, 0.1) is 11.5 Å². The fraction of sp³-hybridized carbons (Fsp3) is 0.316. The molecule has 0 spiro atoms. The third kappa shape index (κ3) is 4.91. The number of nitrogens with zero attached hydrogens (tertiary/aromatic N) is 1. The van der Waals surface area contributed by atoms with Crippen molar-refractivity contribution >= 4 is 28.2 Å². The van der Waals surface area contributed by atoms with Gasteiger partial charge in [-0.3, -0.25) is 9.59 Å². The number of amides is 1. The molecule has 1 aromatic heterocycles. The first-order valence-corrected chi connectivity index (χ1v) is 8.93. The molecular weight excluding hydrogens is 336 g/mol. The number of nitrogens with one attached hydrogen (secondary N) is 1. The molecule has 2 aromatic rings. The summed E-state index contributed by atoms with van der Waals surface area (Å²) in [7, 11) is 0. The third-order valence-electron chi connectivity index (χ3n) is 4.01. The lowest BCUT2D eigenvalue weighted by atomic mass is 9.86. The standard InChI is InChI=1S/C19H20N2O3S/c1-3-13(2)17(14-7-5-4-6-8-14)19(23)24-12-16(22)21-18-15(11-20)9-10-25-18/h4-10,13,17H,3,12H2,1-2H3,(H,21,22)/t13-,17-/m0/s1. The van der Waals surface area contributed by atoms with E-state index in [4.69, 9.17) is 10.00 Å². The van der Waals surface area contributed by atoms with Gasteiger partial charge in [-0.15, -0.1) is 11.3 Å². The van der Waals surface area contributed by atoms with Gasteiger partial charge in [-0.1, -0.05) is 50.6 Å². The van der Waals surface area contributed by atoms with Gasteiger partial charge in [-0.05, 0) is 22.9 Å². The molecule has 0 fully saturated rings. The van der Waals surface area contributed by atoms with E-state index >= 15 is 0 Å². The van der Waals surface area contributed by atoms with Gasteiger partial charge in [0.25, 0.3) is 5.91 Å². The summed E-state index contributed by atoms with van der Waals surface area (Å²) in [5, 5.41) is 13.7. The number of anilines is 1. The Bertz CT molecular complexity index is 764. The largest absolute Gasteiger partial charge is 0.455 e. The fourth-order valence-electron chi connectivity index (χ4n) is 2.48. The smallest absolute Gasteiger partial charge is 0.314 e. The van der Waals surface area contributed by atoms with E-state index in [0.29, 0.717) is 10.6 Å². The molecule has 0 aliphatic carbocycles. The summed E-state index contributed by atoms with van der Waals surface area (Å²) < 4.78 is 5.24. The lowest BCUT2D eigenvalue weighted by molar-refractivity contribution is -0.150. The number of ether oxygens (including phenoxy) is 1. The highest BCUT2D eigenvalue weighted by molar-refractivity contribution is 7.14. The number of rotatable bonds is 7. The van der Waals surface area contributed by atoms with Crippen LogP contribution in [0.1, 0.15) is 37.3 Å². The maximum absolute atomic E-state index is 12.5. The van der Waals surface area contributed by atoms with E-state index in [9.17, 15) is 9.59 Å². The zero-order valence-electron chi connectivity index (χ0n) is 14.2. The van der Waals surface area contributed by atoms with E-state index in [1.54, 1.807) is 11.4 Å². The molecule has 0 aliphatic rings. The van der Waals surface area contributed by atoms with Crippen molar-refractivity contribution in [1.29, 1.82) is 5.26 Å². The molecule has 130 valence electrons. The van der Waals surface area contributed by atoms with Crippen molar-refractivity contribution in [3.63, 3.8) is 0 Å². The first-order chi connectivity index (χ1) is 12.1. The van der Waals surface area contributed by atoms with Gasteiger partial charge >= 0.3 is 5.97 Å². The van der Waals surface area contributed by atoms with E-state index < -0.39 is 17.8 Å². The molecule has 1 heterocycles. The summed E-state index contributed by atoms with van der Waals surface area (Å²) in [6, 6.07) is 13.1. The minimum Gasteiger partial charge on any atom is -0.455 e. The van der Waals surface area contributed by atoms with Gasteiger partial charge in [0.15, 0.2) is 6.61 Å². The van der Waals surface area contributed by atoms with Crippen LogP contribution < -0.4 is 5.32 Å². The van der Waals surface area contributed by atoms with Crippen LogP contribution in [0.2, 0.25) is 0 Å². The molecule has 25 heavy (non-hydrogen) atoms. The van der Waals surface area contributed by atoms with Crippen LogP contribution in [0, 0.1) is 17.2 Å². The number of thiophene rings is 1. The lowest BCUT2D eigenvalue weighted by Crippen LogP contribution is -2.26. The fourth-order valence-corrected chi connectivity index (χ4v) is 3.23. The van der Waals surface area contributed by atoms with Crippen molar-refractivity contribution < 1.29 is 14.3 Å². The predicted molar refractivity (Wildman–Crippen MR) is 97.3 cm³/mol. The van der Waals surface area contributed by atoms with Crippen LogP contribution in [0.25, 0.3) is 0 Å². The van der Waals surface area contributed by atoms with E-state index in [-0.39, 0.29) is 12.5 Å². The monoisotopic (exact) mass is 356 g/mol. The second-order valence-corrected chi connectivity index (χ2v) is 6.62. The van der Waals surface area contributed by atoms with Crippen LogP contribution in [-0.2, 0) is 14.3 Å². The Labute approximate surface area is 151 Å². The van der Waals surface area contributed by atoms with E-state index in [1.807, 2.05) is 50.2 Å². The first-order valence-electron chi connectivity index (χ1n) is 8.05. The molecule has 0 aliphatic heterocycles. The highest BCUT2D eigenvalue weighted by Crippen LogP contribution is 2.28. The minimum atomic E-state index is -0.455. The second-order valence-electron chi connectivity index (χ2n) is 5.70. The molecule has 2 atom stereocenters. The summed E-state index contributed by atoms with van der Waals surface area (Å²) in [4.78, 5) is 24.5. The van der Waals surface area contributed by atoms with E-state index in [0.717, 1.165) is 12.0 Å². The summed E-state index contributed by atoms with van der Waals surface area (Å²) in [5.41, 5.74) is 1.28. The summed E-state index contributed by atoms with van der Waals surface area (Å²) >= 11 is 1.25. The van der Waals surface area contributed by atoms with Crippen molar-refractivity contribution in [3.05, 3.63) is 52.9 Å². The van der Waals surface area contributed by atoms with Crippen LogP contribution in [0.5, 0.6) is 0 Å². The Hall–Kier alpha value is -2.65. The number of hydrogen-bond donors (Lipinski definition) is 1. The van der Waals surface area contributed by atoms with Gasteiger partial charge in [-0.2, -0.15) is 5.26 Å². The quantitative estimate of drug-likeness (QED) is 0.762. The Balaban J connectivity index is 1.99. The molecule has 1 amide bonds. The average Bonchev–Trinajstić information content (AvgIpc) is 3.08. The van der Waals surface area contributed by atoms with Gasteiger partial charge < -0.3 is 10.1 Å². The Kier molecular flexibility index (Phi) is 6.72. The van der Waals surface area contributed by atoms with Gasteiger partial charge in [-0.25, -0.2) is 0 Å². The maximum atomic E-state index is 12.5. The van der Waals surface area contributed by atoms with Crippen molar-refractivity contribution in [3.8, 4) is 6.07 Å². The van der Waals surface area contributed by atoms with Crippen molar-refractivity contribution in [2.24, 2.45) is 5.92 Å². The van der Waals surface area contributed by atoms with Crippen molar-refractivity contribution in [1.82, 2.24) is 0 Å². The SMILES string of the molecule is CC[C@H](C)[C@H](C(=O)OCC(=O)Nc1sccc1C#N)c1ccccc1. The maximum Gasteiger partial charge on any atom is 0.314 e. The molecule has 2 rings (SSSR count).